The van der Waals surface area contributed by atoms with Gasteiger partial charge in [0, 0.05) is 6.61 Å². The lowest BCUT2D eigenvalue weighted by atomic mass is 9.97. The van der Waals surface area contributed by atoms with Gasteiger partial charge in [-0.25, -0.2) is 4.68 Å². The van der Waals surface area contributed by atoms with Crippen LogP contribution in [-0.2, 0) is 16.1 Å². The van der Waals surface area contributed by atoms with Crippen molar-refractivity contribution in [3.05, 3.63) is 5.82 Å². The summed E-state index contributed by atoms with van der Waals surface area (Å²) in [5, 5.41) is 21.0. The number of nitrogens with zero attached hydrogens (tertiary/aromatic N) is 4. The Balaban J connectivity index is 2.12. The fourth-order valence-corrected chi connectivity index (χ4v) is 2.60. The molecule has 0 spiro atoms. The smallest absolute Gasteiger partial charge is 0.308 e. The van der Waals surface area contributed by atoms with Gasteiger partial charge in [-0.05, 0) is 35.1 Å². The highest BCUT2D eigenvalue weighted by Gasteiger charge is 2.32. The fraction of sp³-hybridized carbons (Fsp3) is 0.846. The Morgan fingerprint density at radius 1 is 1.55 bits per heavy atom. The number of tetrazole rings is 1. The number of carboxylic acid groups (broad SMARTS) is 1. The van der Waals surface area contributed by atoms with E-state index in [-0.39, 0.29) is 6.10 Å². The van der Waals surface area contributed by atoms with Gasteiger partial charge in [0.2, 0.25) is 0 Å². The number of aliphatic carboxylic acids is 1. The zero-order valence-corrected chi connectivity index (χ0v) is 12.2. The van der Waals surface area contributed by atoms with E-state index in [2.05, 4.69) is 22.4 Å². The highest BCUT2D eigenvalue weighted by molar-refractivity contribution is 5.69. The van der Waals surface area contributed by atoms with Crippen LogP contribution >= 0.6 is 0 Å². The van der Waals surface area contributed by atoms with Gasteiger partial charge in [-0.15, -0.1) is 5.10 Å². The summed E-state index contributed by atoms with van der Waals surface area (Å²) in [7, 11) is 0. The SMILES string of the molecule is CC(C)CC(Cn1nnnc1C1OCCC1C)C(=O)O. The molecule has 112 valence electrons. The molecule has 0 aliphatic carbocycles. The highest BCUT2D eigenvalue weighted by atomic mass is 16.5. The molecule has 2 heterocycles. The summed E-state index contributed by atoms with van der Waals surface area (Å²) < 4.78 is 7.25. The van der Waals surface area contributed by atoms with Gasteiger partial charge in [0.25, 0.3) is 0 Å². The van der Waals surface area contributed by atoms with Crippen molar-refractivity contribution >= 4 is 5.97 Å². The molecule has 7 nitrogen and oxygen atoms in total. The molecule has 0 radical (unpaired) electrons. The Kier molecular flexibility index (Phi) is 4.69. The molecule has 2 rings (SSSR count). The van der Waals surface area contributed by atoms with Crippen molar-refractivity contribution < 1.29 is 14.6 Å². The van der Waals surface area contributed by atoms with E-state index in [1.165, 1.54) is 0 Å². The highest BCUT2D eigenvalue weighted by Crippen LogP contribution is 2.32. The lowest BCUT2D eigenvalue weighted by Gasteiger charge is -2.18. The van der Waals surface area contributed by atoms with E-state index in [0.717, 1.165) is 6.42 Å². The molecule has 0 aromatic carbocycles. The third-order valence-corrected chi connectivity index (χ3v) is 3.70. The van der Waals surface area contributed by atoms with Crippen LogP contribution in [-0.4, -0.2) is 37.9 Å². The van der Waals surface area contributed by atoms with Gasteiger partial charge in [0.05, 0.1) is 12.5 Å². The van der Waals surface area contributed by atoms with Gasteiger partial charge < -0.3 is 9.84 Å². The second-order valence-electron chi connectivity index (χ2n) is 5.94. The van der Waals surface area contributed by atoms with Crippen molar-refractivity contribution in [2.45, 2.75) is 46.3 Å². The summed E-state index contributed by atoms with van der Waals surface area (Å²) in [5.74, 6) is 0.0327. The third kappa shape index (κ3) is 3.33. The van der Waals surface area contributed by atoms with Crippen LogP contribution in [0.3, 0.4) is 0 Å². The summed E-state index contributed by atoms with van der Waals surface area (Å²) in [4.78, 5) is 11.3. The van der Waals surface area contributed by atoms with Gasteiger partial charge in [-0.1, -0.05) is 20.8 Å². The molecular formula is C13H22N4O3. The van der Waals surface area contributed by atoms with Crippen molar-refractivity contribution in [2.75, 3.05) is 6.61 Å². The van der Waals surface area contributed by atoms with Crippen molar-refractivity contribution in [1.82, 2.24) is 20.2 Å². The topological polar surface area (TPSA) is 90.1 Å². The van der Waals surface area contributed by atoms with Crippen molar-refractivity contribution in [3.63, 3.8) is 0 Å². The summed E-state index contributed by atoms with van der Waals surface area (Å²) in [6.07, 6.45) is 1.46. The third-order valence-electron chi connectivity index (χ3n) is 3.70. The minimum absolute atomic E-state index is 0.126. The zero-order valence-electron chi connectivity index (χ0n) is 12.2. The molecule has 1 aliphatic rings. The first-order valence-electron chi connectivity index (χ1n) is 7.09. The van der Waals surface area contributed by atoms with Crippen LogP contribution < -0.4 is 0 Å². The Morgan fingerprint density at radius 3 is 2.85 bits per heavy atom. The molecule has 0 saturated carbocycles. The van der Waals surface area contributed by atoms with E-state index in [4.69, 9.17) is 4.74 Å². The first-order chi connectivity index (χ1) is 9.49. The molecule has 1 N–H and O–H groups in total. The minimum atomic E-state index is -0.805. The van der Waals surface area contributed by atoms with Crippen molar-refractivity contribution in [3.8, 4) is 0 Å². The van der Waals surface area contributed by atoms with Crippen LogP contribution in [0.2, 0.25) is 0 Å². The number of hydrogen-bond acceptors (Lipinski definition) is 5. The maximum atomic E-state index is 11.3. The molecule has 0 amide bonds. The van der Waals surface area contributed by atoms with Gasteiger partial charge in [-0.2, -0.15) is 0 Å². The Labute approximate surface area is 118 Å². The molecule has 1 aliphatic heterocycles. The fourth-order valence-electron chi connectivity index (χ4n) is 2.60. The average Bonchev–Trinajstić information content (AvgIpc) is 2.96. The van der Waals surface area contributed by atoms with E-state index in [0.29, 0.717) is 37.2 Å². The molecule has 7 heteroatoms. The average molecular weight is 282 g/mol. The molecular weight excluding hydrogens is 260 g/mol. The van der Waals surface area contributed by atoms with E-state index in [9.17, 15) is 9.90 Å². The summed E-state index contributed by atoms with van der Waals surface area (Å²) in [5.41, 5.74) is 0. The molecule has 1 aromatic heterocycles. The molecule has 3 atom stereocenters. The Bertz CT molecular complexity index is 460. The summed E-state index contributed by atoms with van der Waals surface area (Å²) >= 11 is 0. The number of carboxylic acids is 1. The largest absolute Gasteiger partial charge is 0.481 e. The number of hydrogen-bond donors (Lipinski definition) is 1. The molecule has 1 saturated heterocycles. The molecule has 1 fully saturated rings. The number of ether oxygens (including phenoxy) is 1. The molecule has 20 heavy (non-hydrogen) atoms. The van der Waals surface area contributed by atoms with E-state index in [1.807, 2.05) is 13.8 Å². The second-order valence-corrected chi connectivity index (χ2v) is 5.94. The van der Waals surface area contributed by atoms with Crippen LogP contribution in [0.25, 0.3) is 0 Å². The zero-order chi connectivity index (χ0) is 14.7. The Hall–Kier alpha value is -1.50. The first-order valence-corrected chi connectivity index (χ1v) is 7.09. The van der Waals surface area contributed by atoms with Gasteiger partial charge in [0.15, 0.2) is 5.82 Å². The normalized spacial score (nSPS) is 24.2. The van der Waals surface area contributed by atoms with E-state index in [1.54, 1.807) is 4.68 Å². The van der Waals surface area contributed by atoms with Gasteiger partial charge in [-0.3, -0.25) is 4.79 Å². The standard InChI is InChI=1S/C13H22N4O3/c1-8(2)6-10(13(18)19)7-17-12(14-15-16-17)11-9(3)4-5-20-11/h8-11H,4-7H2,1-3H3,(H,18,19). The number of aromatic nitrogens is 4. The Morgan fingerprint density at radius 2 is 2.30 bits per heavy atom. The number of carbonyl (C=O) groups is 1. The van der Waals surface area contributed by atoms with Crippen LogP contribution in [0.1, 0.15) is 45.5 Å². The number of rotatable bonds is 6. The second kappa shape index (κ2) is 6.30. The van der Waals surface area contributed by atoms with Crippen molar-refractivity contribution in [1.29, 1.82) is 0 Å². The van der Waals surface area contributed by atoms with E-state index < -0.39 is 11.9 Å². The minimum Gasteiger partial charge on any atom is -0.481 e. The van der Waals surface area contributed by atoms with Crippen molar-refractivity contribution in [2.24, 2.45) is 17.8 Å². The lowest BCUT2D eigenvalue weighted by Crippen LogP contribution is -2.25. The van der Waals surface area contributed by atoms with E-state index >= 15 is 0 Å². The van der Waals surface area contributed by atoms with Crippen LogP contribution in [0.5, 0.6) is 0 Å². The van der Waals surface area contributed by atoms with Crippen LogP contribution in [0.4, 0.5) is 0 Å². The predicted octanol–water partition coefficient (Wildman–Crippen LogP) is 1.52. The van der Waals surface area contributed by atoms with Gasteiger partial charge in [0.1, 0.15) is 6.10 Å². The van der Waals surface area contributed by atoms with Gasteiger partial charge >= 0.3 is 5.97 Å². The molecule has 3 unspecified atom stereocenters. The maximum Gasteiger partial charge on any atom is 0.308 e. The van der Waals surface area contributed by atoms with Crippen LogP contribution in [0, 0.1) is 17.8 Å². The van der Waals surface area contributed by atoms with Crippen LogP contribution in [0.15, 0.2) is 0 Å². The summed E-state index contributed by atoms with van der Waals surface area (Å²) in [6.45, 7) is 7.12. The molecule has 0 bridgehead atoms. The monoisotopic (exact) mass is 282 g/mol. The quantitative estimate of drug-likeness (QED) is 0.850. The predicted molar refractivity (Wildman–Crippen MR) is 70.9 cm³/mol. The summed E-state index contributed by atoms with van der Waals surface area (Å²) in [6, 6.07) is 0. The molecule has 1 aromatic rings. The first kappa shape index (κ1) is 14.9. The lowest BCUT2D eigenvalue weighted by molar-refractivity contribution is -0.143. The maximum absolute atomic E-state index is 11.3.